The average Bonchev–Trinajstić information content (AvgIpc) is 2.82. The summed E-state index contributed by atoms with van der Waals surface area (Å²) in [6, 6.07) is 5.88. The number of anilines is 1. The van der Waals surface area contributed by atoms with Gasteiger partial charge in [0.05, 0.1) is 17.1 Å². The minimum Gasteiger partial charge on any atom is -0.447 e. The number of oxazole rings is 1. The van der Waals surface area contributed by atoms with Crippen LogP contribution in [0.25, 0.3) is 0 Å². The molecule has 21 heavy (non-hydrogen) atoms. The van der Waals surface area contributed by atoms with E-state index >= 15 is 0 Å². The summed E-state index contributed by atoms with van der Waals surface area (Å²) >= 11 is 0. The molecule has 1 heterocycles. The number of hydrogen-bond donors (Lipinski definition) is 2. The van der Waals surface area contributed by atoms with E-state index in [2.05, 4.69) is 15.0 Å². The number of sulfonamides is 1. The highest BCUT2D eigenvalue weighted by Crippen LogP contribution is 2.15. The Morgan fingerprint density at radius 3 is 2.48 bits per heavy atom. The van der Waals surface area contributed by atoms with Crippen LogP contribution < -0.4 is 10.0 Å². The van der Waals surface area contributed by atoms with Gasteiger partial charge in [-0.15, -0.1) is 0 Å². The van der Waals surface area contributed by atoms with Crippen LogP contribution in [0.15, 0.2) is 40.0 Å². The Labute approximate surface area is 122 Å². The van der Waals surface area contributed by atoms with Crippen molar-refractivity contribution in [1.82, 2.24) is 9.71 Å². The molecule has 0 aliphatic heterocycles. The van der Waals surface area contributed by atoms with Crippen molar-refractivity contribution >= 4 is 21.6 Å². The third-order valence-corrected chi connectivity index (χ3v) is 4.17. The Bertz CT molecular complexity index is 735. The molecule has 0 fully saturated rings. The molecule has 0 saturated heterocycles. The number of aromatic nitrogens is 1. The summed E-state index contributed by atoms with van der Waals surface area (Å²) < 4.78 is 31.7. The van der Waals surface area contributed by atoms with Crippen LogP contribution in [0.1, 0.15) is 18.4 Å². The van der Waals surface area contributed by atoms with E-state index in [1.807, 2.05) is 0 Å². The van der Waals surface area contributed by atoms with Crippen LogP contribution in [0.3, 0.4) is 0 Å². The predicted molar refractivity (Wildman–Crippen MR) is 76.0 cm³/mol. The first-order valence-electron chi connectivity index (χ1n) is 6.15. The molecule has 2 aromatic rings. The maximum Gasteiger partial charge on any atom is 0.240 e. The van der Waals surface area contributed by atoms with Gasteiger partial charge >= 0.3 is 0 Å². The molecule has 1 amide bonds. The van der Waals surface area contributed by atoms with E-state index in [0.29, 0.717) is 17.1 Å². The molecule has 112 valence electrons. The normalized spacial score (nSPS) is 11.3. The van der Waals surface area contributed by atoms with Gasteiger partial charge in [0.25, 0.3) is 0 Å². The van der Waals surface area contributed by atoms with Gasteiger partial charge in [-0.2, -0.15) is 0 Å². The SMILES string of the molecule is CC(=O)Nc1ccc(S(=O)(=O)NCc2ocnc2C)cc1. The minimum atomic E-state index is -3.65. The number of carbonyl (C=O) groups excluding carboxylic acids is 1. The van der Waals surface area contributed by atoms with Gasteiger partial charge in [-0.25, -0.2) is 18.1 Å². The van der Waals surface area contributed by atoms with Gasteiger partial charge in [0.2, 0.25) is 15.9 Å². The highest BCUT2D eigenvalue weighted by Gasteiger charge is 2.15. The van der Waals surface area contributed by atoms with Crippen molar-refractivity contribution < 1.29 is 17.6 Å². The van der Waals surface area contributed by atoms with E-state index in [9.17, 15) is 13.2 Å². The second-order valence-electron chi connectivity index (χ2n) is 4.39. The number of nitrogens with one attached hydrogen (secondary N) is 2. The molecule has 1 aromatic heterocycles. The second-order valence-corrected chi connectivity index (χ2v) is 6.16. The van der Waals surface area contributed by atoms with E-state index < -0.39 is 10.0 Å². The standard InChI is InChI=1S/C13H15N3O4S/c1-9-13(20-8-14-9)7-15-21(18,19)12-5-3-11(4-6-12)16-10(2)17/h3-6,8,15H,7H2,1-2H3,(H,16,17). The van der Waals surface area contributed by atoms with E-state index in [4.69, 9.17) is 4.42 Å². The van der Waals surface area contributed by atoms with E-state index in [-0.39, 0.29) is 17.3 Å². The van der Waals surface area contributed by atoms with Crippen LogP contribution in [-0.4, -0.2) is 19.3 Å². The summed E-state index contributed by atoms with van der Waals surface area (Å²) in [5.41, 5.74) is 1.17. The topological polar surface area (TPSA) is 101 Å². The van der Waals surface area contributed by atoms with Crippen LogP contribution >= 0.6 is 0 Å². The third kappa shape index (κ3) is 3.89. The van der Waals surface area contributed by atoms with Crippen molar-refractivity contribution in [2.75, 3.05) is 5.32 Å². The van der Waals surface area contributed by atoms with Crippen LogP contribution in [-0.2, 0) is 21.4 Å². The lowest BCUT2D eigenvalue weighted by molar-refractivity contribution is -0.114. The maximum absolute atomic E-state index is 12.1. The molecule has 0 radical (unpaired) electrons. The number of benzene rings is 1. The first kappa shape index (κ1) is 15.2. The first-order chi connectivity index (χ1) is 9.88. The summed E-state index contributed by atoms with van der Waals surface area (Å²) in [6.45, 7) is 3.14. The lowest BCUT2D eigenvalue weighted by atomic mass is 10.3. The van der Waals surface area contributed by atoms with Crippen molar-refractivity contribution in [3.8, 4) is 0 Å². The molecule has 0 atom stereocenters. The van der Waals surface area contributed by atoms with Crippen LogP contribution in [0.2, 0.25) is 0 Å². The van der Waals surface area contributed by atoms with Crippen LogP contribution in [0, 0.1) is 6.92 Å². The molecule has 7 nitrogen and oxygen atoms in total. The zero-order chi connectivity index (χ0) is 15.5. The third-order valence-electron chi connectivity index (χ3n) is 2.75. The molecule has 0 unspecified atom stereocenters. The summed E-state index contributed by atoms with van der Waals surface area (Å²) in [4.78, 5) is 14.9. The number of carbonyl (C=O) groups is 1. The number of rotatable bonds is 5. The second kappa shape index (κ2) is 6.06. The first-order valence-corrected chi connectivity index (χ1v) is 7.63. The molecule has 0 aliphatic rings. The quantitative estimate of drug-likeness (QED) is 0.869. The zero-order valence-electron chi connectivity index (χ0n) is 11.6. The molecule has 0 bridgehead atoms. The van der Waals surface area contributed by atoms with Crippen molar-refractivity contribution in [2.45, 2.75) is 25.3 Å². The van der Waals surface area contributed by atoms with Gasteiger partial charge in [0, 0.05) is 12.6 Å². The molecular formula is C13H15N3O4S. The Hall–Kier alpha value is -2.19. The van der Waals surface area contributed by atoms with E-state index in [0.717, 1.165) is 0 Å². The van der Waals surface area contributed by atoms with Crippen LogP contribution in [0.4, 0.5) is 5.69 Å². The van der Waals surface area contributed by atoms with Gasteiger partial charge in [-0.1, -0.05) is 0 Å². The fourth-order valence-electron chi connectivity index (χ4n) is 1.66. The fourth-order valence-corrected chi connectivity index (χ4v) is 2.64. The van der Waals surface area contributed by atoms with Crippen molar-refractivity contribution in [1.29, 1.82) is 0 Å². The Kier molecular flexibility index (Phi) is 4.39. The van der Waals surface area contributed by atoms with Crippen molar-refractivity contribution in [3.63, 3.8) is 0 Å². The molecular weight excluding hydrogens is 294 g/mol. The number of hydrogen-bond acceptors (Lipinski definition) is 5. The van der Waals surface area contributed by atoms with Gasteiger partial charge in [-0.05, 0) is 31.2 Å². The Balaban J connectivity index is 2.08. The van der Waals surface area contributed by atoms with Crippen molar-refractivity contribution in [2.24, 2.45) is 0 Å². The molecule has 2 N–H and O–H groups in total. The summed E-state index contributed by atoms with van der Waals surface area (Å²) in [5, 5.41) is 2.57. The van der Waals surface area contributed by atoms with Gasteiger partial charge in [0.15, 0.2) is 6.39 Å². The largest absolute Gasteiger partial charge is 0.447 e. The maximum atomic E-state index is 12.1. The lowest BCUT2D eigenvalue weighted by Gasteiger charge is -2.07. The number of aryl methyl sites for hydroxylation is 1. The summed E-state index contributed by atoms with van der Waals surface area (Å²) in [6.07, 6.45) is 1.27. The summed E-state index contributed by atoms with van der Waals surface area (Å²) in [7, 11) is -3.65. The van der Waals surface area contributed by atoms with E-state index in [1.54, 1.807) is 6.92 Å². The predicted octanol–water partition coefficient (Wildman–Crippen LogP) is 1.42. The zero-order valence-corrected chi connectivity index (χ0v) is 12.4. The van der Waals surface area contributed by atoms with Gasteiger partial charge in [0.1, 0.15) is 5.76 Å². The molecule has 0 saturated carbocycles. The minimum absolute atomic E-state index is 0.0294. The highest BCUT2D eigenvalue weighted by molar-refractivity contribution is 7.89. The molecule has 8 heteroatoms. The molecule has 1 aromatic carbocycles. The molecule has 2 rings (SSSR count). The number of nitrogens with zero attached hydrogens (tertiary/aromatic N) is 1. The number of amides is 1. The van der Waals surface area contributed by atoms with E-state index in [1.165, 1.54) is 37.6 Å². The van der Waals surface area contributed by atoms with Gasteiger partial charge in [-0.3, -0.25) is 4.79 Å². The molecule has 0 aliphatic carbocycles. The Morgan fingerprint density at radius 2 is 1.95 bits per heavy atom. The van der Waals surface area contributed by atoms with Crippen LogP contribution in [0.5, 0.6) is 0 Å². The fraction of sp³-hybridized carbons (Fsp3) is 0.231. The molecule has 0 spiro atoms. The van der Waals surface area contributed by atoms with Gasteiger partial charge < -0.3 is 9.73 Å². The average molecular weight is 309 g/mol. The Morgan fingerprint density at radius 1 is 1.29 bits per heavy atom. The summed E-state index contributed by atoms with van der Waals surface area (Å²) in [5.74, 6) is 0.248. The highest BCUT2D eigenvalue weighted by atomic mass is 32.2. The monoisotopic (exact) mass is 309 g/mol. The smallest absolute Gasteiger partial charge is 0.240 e. The van der Waals surface area contributed by atoms with Crippen molar-refractivity contribution in [3.05, 3.63) is 42.1 Å². The lowest BCUT2D eigenvalue weighted by Crippen LogP contribution is -2.23.